The average Bonchev–Trinajstić information content (AvgIpc) is 2.80. The fourth-order valence-electron chi connectivity index (χ4n) is 3.52. The molecule has 2 bridgehead atoms. The molecule has 4 nitrogen and oxygen atoms in total. The van der Waals surface area contributed by atoms with E-state index < -0.39 is 5.97 Å². The van der Waals surface area contributed by atoms with E-state index in [0.717, 1.165) is 31.7 Å². The molecule has 0 aromatic heterocycles. The molecule has 20 heavy (non-hydrogen) atoms. The lowest BCUT2D eigenvalue weighted by molar-refractivity contribution is -0.135. The number of aliphatic carboxylic acids is 1. The van der Waals surface area contributed by atoms with Gasteiger partial charge >= 0.3 is 5.97 Å². The van der Waals surface area contributed by atoms with Crippen molar-refractivity contribution in [2.75, 3.05) is 31.1 Å². The molecule has 108 valence electrons. The van der Waals surface area contributed by atoms with Gasteiger partial charge in [-0.25, -0.2) is 0 Å². The van der Waals surface area contributed by atoms with E-state index in [1.165, 1.54) is 6.42 Å². The van der Waals surface area contributed by atoms with Gasteiger partial charge in [-0.2, -0.15) is 0 Å². The van der Waals surface area contributed by atoms with E-state index >= 15 is 0 Å². The van der Waals surface area contributed by atoms with E-state index in [2.05, 4.69) is 4.90 Å². The summed E-state index contributed by atoms with van der Waals surface area (Å²) in [6, 6.07) is 7.83. The Morgan fingerprint density at radius 2 is 2.00 bits per heavy atom. The number of carboxylic acid groups (broad SMARTS) is 1. The Hall–Kier alpha value is -1.26. The standard InChI is InChI=1S/C15H19ClN2O2/c16-12-1-3-13(4-2-12)18(10-15(19)20)14-6-8-17-7-5-11(14)9-17/h1-4,11,14H,5-10H2,(H,19,20). The third-order valence-electron chi connectivity index (χ3n) is 4.46. The third kappa shape index (κ3) is 2.76. The zero-order chi connectivity index (χ0) is 14.1. The monoisotopic (exact) mass is 294 g/mol. The smallest absolute Gasteiger partial charge is 0.323 e. The summed E-state index contributed by atoms with van der Waals surface area (Å²) in [6.45, 7) is 3.39. The fraction of sp³-hybridized carbons (Fsp3) is 0.533. The Morgan fingerprint density at radius 3 is 2.70 bits per heavy atom. The highest BCUT2D eigenvalue weighted by Crippen LogP contribution is 2.33. The molecule has 3 rings (SSSR count). The van der Waals surface area contributed by atoms with Crippen LogP contribution in [0.1, 0.15) is 12.8 Å². The van der Waals surface area contributed by atoms with Gasteiger partial charge in [0, 0.05) is 29.8 Å². The molecule has 0 saturated carbocycles. The van der Waals surface area contributed by atoms with E-state index in [0.29, 0.717) is 17.0 Å². The maximum atomic E-state index is 11.2. The van der Waals surface area contributed by atoms with E-state index in [1.807, 2.05) is 29.2 Å². The quantitative estimate of drug-likeness (QED) is 0.925. The summed E-state index contributed by atoms with van der Waals surface area (Å²) < 4.78 is 0. The van der Waals surface area contributed by atoms with Crippen molar-refractivity contribution >= 4 is 23.3 Å². The Labute approximate surface area is 123 Å². The van der Waals surface area contributed by atoms with Crippen molar-refractivity contribution in [1.29, 1.82) is 0 Å². The molecule has 0 radical (unpaired) electrons. The normalized spacial score (nSPS) is 28.4. The largest absolute Gasteiger partial charge is 0.480 e. The number of benzene rings is 1. The van der Waals surface area contributed by atoms with Gasteiger partial charge in [0.15, 0.2) is 0 Å². The summed E-state index contributed by atoms with van der Waals surface area (Å²) in [4.78, 5) is 15.7. The lowest BCUT2D eigenvalue weighted by Crippen LogP contribution is -2.48. The van der Waals surface area contributed by atoms with Gasteiger partial charge in [-0.3, -0.25) is 4.79 Å². The first-order valence-corrected chi connectivity index (χ1v) is 7.47. The predicted molar refractivity (Wildman–Crippen MR) is 79.4 cm³/mol. The molecule has 5 heteroatoms. The molecule has 2 aliphatic rings. The molecule has 2 fully saturated rings. The van der Waals surface area contributed by atoms with Crippen LogP contribution in [0.15, 0.2) is 24.3 Å². The maximum Gasteiger partial charge on any atom is 0.323 e. The number of rotatable bonds is 4. The van der Waals surface area contributed by atoms with Crippen molar-refractivity contribution in [3.63, 3.8) is 0 Å². The second-order valence-corrected chi connectivity index (χ2v) is 6.14. The van der Waals surface area contributed by atoms with Gasteiger partial charge in [0.2, 0.25) is 0 Å². The van der Waals surface area contributed by atoms with Crippen molar-refractivity contribution in [3.8, 4) is 0 Å². The molecular formula is C15H19ClN2O2. The van der Waals surface area contributed by atoms with Gasteiger partial charge in [-0.15, -0.1) is 0 Å². The van der Waals surface area contributed by atoms with Crippen LogP contribution in [0.2, 0.25) is 5.02 Å². The number of hydrogen-bond acceptors (Lipinski definition) is 3. The second-order valence-electron chi connectivity index (χ2n) is 5.70. The average molecular weight is 295 g/mol. The van der Waals surface area contributed by atoms with Crippen molar-refractivity contribution in [1.82, 2.24) is 4.90 Å². The van der Waals surface area contributed by atoms with Gasteiger partial charge in [0.1, 0.15) is 6.54 Å². The highest BCUT2D eigenvalue weighted by molar-refractivity contribution is 6.30. The van der Waals surface area contributed by atoms with Crippen molar-refractivity contribution in [2.24, 2.45) is 5.92 Å². The van der Waals surface area contributed by atoms with Gasteiger partial charge in [-0.1, -0.05) is 11.6 Å². The van der Waals surface area contributed by atoms with Gasteiger partial charge in [0.25, 0.3) is 0 Å². The SMILES string of the molecule is O=C(O)CN(c1ccc(Cl)cc1)C1CCN2CCC1C2. The lowest BCUT2D eigenvalue weighted by Gasteiger charge is -2.39. The molecule has 1 aromatic carbocycles. The predicted octanol–water partition coefficient (Wildman–Crippen LogP) is 2.33. The molecule has 3 atom stereocenters. The molecule has 0 amide bonds. The molecule has 2 aliphatic heterocycles. The Balaban J connectivity index is 1.85. The number of piperidine rings is 1. The van der Waals surface area contributed by atoms with Crippen LogP contribution < -0.4 is 4.90 Å². The first-order chi connectivity index (χ1) is 9.63. The first-order valence-electron chi connectivity index (χ1n) is 7.10. The van der Waals surface area contributed by atoms with Gasteiger partial charge in [0.05, 0.1) is 0 Å². The number of carbonyl (C=O) groups is 1. The zero-order valence-electron chi connectivity index (χ0n) is 11.3. The summed E-state index contributed by atoms with van der Waals surface area (Å²) in [5.74, 6) is -0.195. The van der Waals surface area contributed by atoms with E-state index in [4.69, 9.17) is 11.6 Å². The minimum Gasteiger partial charge on any atom is -0.480 e. The van der Waals surface area contributed by atoms with E-state index in [9.17, 15) is 9.90 Å². The van der Waals surface area contributed by atoms with Crippen LogP contribution in [0.4, 0.5) is 5.69 Å². The molecule has 2 heterocycles. The number of anilines is 1. The van der Waals surface area contributed by atoms with Crippen LogP contribution in [-0.4, -0.2) is 48.2 Å². The van der Waals surface area contributed by atoms with Crippen LogP contribution in [0, 0.1) is 5.92 Å². The molecule has 0 aliphatic carbocycles. The molecule has 2 saturated heterocycles. The number of hydrogen-bond donors (Lipinski definition) is 1. The number of fused-ring (bicyclic) bond motifs is 2. The van der Waals surface area contributed by atoms with E-state index in [1.54, 1.807) is 0 Å². The Bertz CT molecular complexity index is 491. The molecule has 0 spiro atoms. The maximum absolute atomic E-state index is 11.2. The molecular weight excluding hydrogens is 276 g/mol. The van der Waals surface area contributed by atoms with Gasteiger partial charge in [-0.05, 0) is 49.6 Å². The van der Waals surface area contributed by atoms with Crippen LogP contribution >= 0.6 is 11.6 Å². The topological polar surface area (TPSA) is 43.8 Å². The van der Waals surface area contributed by atoms with Crippen molar-refractivity contribution < 1.29 is 9.90 Å². The highest BCUT2D eigenvalue weighted by atomic mass is 35.5. The van der Waals surface area contributed by atoms with Crippen LogP contribution in [0.5, 0.6) is 0 Å². The lowest BCUT2D eigenvalue weighted by atomic mass is 9.92. The van der Waals surface area contributed by atoms with Crippen LogP contribution in [0.3, 0.4) is 0 Å². The molecule has 1 aromatic rings. The fourth-order valence-corrected chi connectivity index (χ4v) is 3.64. The minimum absolute atomic E-state index is 0.0583. The number of halogens is 1. The second kappa shape index (κ2) is 5.62. The highest BCUT2D eigenvalue weighted by Gasteiger charge is 2.38. The molecule has 1 N–H and O–H groups in total. The Morgan fingerprint density at radius 1 is 1.30 bits per heavy atom. The zero-order valence-corrected chi connectivity index (χ0v) is 12.1. The summed E-state index contributed by atoms with van der Waals surface area (Å²) >= 11 is 5.93. The summed E-state index contributed by atoms with van der Waals surface area (Å²) in [7, 11) is 0. The van der Waals surface area contributed by atoms with E-state index in [-0.39, 0.29) is 6.54 Å². The van der Waals surface area contributed by atoms with Crippen molar-refractivity contribution in [2.45, 2.75) is 18.9 Å². The molecule has 3 unspecified atom stereocenters. The number of carboxylic acids is 1. The number of nitrogens with zero attached hydrogens (tertiary/aromatic N) is 2. The van der Waals surface area contributed by atoms with Crippen molar-refractivity contribution in [3.05, 3.63) is 29.3 Å². The third-order valence-corrected chi connectivity index (χ3v) is 4.71. The Kier molecular flexibility index (Phi) is 3.85. The van der Waals surface area contributed by atoms with Gasteiger partial charge < -0.3 is 14.9 Å². The summed E-state index contributed by atoms with van der Waals surface area (Å²) in [6.07, 6.45) is 2.22. The minimum atomic E-state index is -0.777. The van der Waals surface area contributed by atoms with Crippen LogP contribution in [-0.2, 0) is 4.79 Å². The summed E-state index contributed by atoms with van der Waals surface area (Å²) in [5, 5.41) is 9.90. The van der Waals surface area contributed by atoms with Crippen LogP contribution in [0.25, 0.3) is 0 Å². The first kappa shape index (κ1) is 13.7. The summed E-state index contributed by atoms with van der Waals surface area (Å²) in [5.41, 5.74) is 0.960.